The summed E-state index contributed by atoms with van der Waals surface area (Å²) in [6.45, 7) is 0.492. The van der Waals surface area contributed by atoms with Crippen molar-refractivity contribution < 1.29 is 8.91 Å². The summed E-state index contributed by atoms with van der Waals surface area (Å²) < 4.78 is 18.9. The lowest BCUT2D eigenvalue weighted by molar-refractivity contribution is 0.182. The number of halogens is 1. The second-order valence-corrected chi connectivity index (χ2v) is 4.74. The Morgan fingerprint density at radius 1 is 1.33 bits per heavy atom. The molecule has 1 aromatic heterocycles. The van der Waals surface area contributed by atoms with E-state index in [0.717, 1.165) is 19.3 Å². The second kappa shape index (κ2) is 4.17. The minimum absolute atomic E-state index is 0.184. The Morgan fingerprint density at radius 2 is 2.11 bits per heavy atom. The monoisotopic (exact) mass is 247 g/mol. The van der Waals surface area contributed by atoms with Crippen molar-refractivity contribution in [2.45, 2.75) is 24.7 Å². The molecule has 0 atom stereocenters. The smallest absolute Gasteiger partial charge is 0.234 e. The zero-order valence-corrected chi connectivity index (χ0v) is 9.90. The molecule has 0 aliphatic heterocycles. The van der Waals surface area contributed by atoms with Gasteiger partial charge in [-0.25, -0.2) is 4.39 Å². The third-order valence-corrected chi connectivity index (χ3v) is 3.70. The Kier molecular flexibility index (Phi) is 2.63. The van der Waals surface area contributed by atoms with Crippen molar-refractivity contribution in [3.05, 3.63) is 36.0 Å². The molecule has 4 nitrogen and oxygen atoms in total. The van der Waals surface area contributed by atoms with Gasteiger partial charge >= 0.3 is 0 Å². The highest BCUT2D eigenvalue weighted by molar-refractivity contribution is 5.55. The fourth-order valence-electron chi connectivity index (χ4n) is 2.30. The average molecular weight is 247 g/mol. The van der Waals surface area contributed by atoms with Crippen molar-refractivity contribution in [2.75, 3.05) is 6.54 Å². The van der Waals surface area contributed by atoms with Gasteiger partial charge in [0.2, 0.25) is 11.7 Å². The van der Waals surface area contributed by atoms with Crippen LogP contribution >= 0.6 is 0 Å². The summed E-state index contributed by atoms with van der Waals surface area (Å²) in [5.41, 5.74) is 5.95. The van der Waals surface area contributed by atoms with Crippen LogP contribution in [0.25, 0.3) is 11.4 Å². The Hall–Kier alpha value is -1.75. The van der Waals surface area contributed by atoms with E-state index in [4.69, 9.17) is 10.3 Å². The van der Waals surface area contributed by atoms with Gasteiger partial charge in [-0.15, -0.1) is 0 Å². The van der Waals surface area contributed by atoms with Gasteiger partial charge in [-0.1, -0.05) is 23.7 Å². The van der Waals surface area contributed by atoms with Crippen molar-refractivity contribution >= 4 is 0 Å². The van der Waals surface area contributed by atoms with Crippen LogP contribution in [0.2, 0.25) is 0 Å². The molecule has 0 bridgehead atoms. The molecule has 0 amide bonds. The van der Waals surface area contributed by atoms with Gasteiger partial charge in [0.25, 0.3) is 0 Å². The molecule has 0 saturated heterocycles. The fraction of sp³-hybridized carbons (Fsp3) is 0.385. The van der Waals surface area contributed by atoms with E-state index in [1.165, 1.54) is 6.07 Å². The zero-order chi connectivity index (χ0) is 12.6. The molecule has 1 aliphatic rings. The van der Waals surface area contributed by atoms with E-state index < -0.39 is 0 Å². The predicted octanol–water partition coefficient (Wildman–Crippen LogP) is 2.26. The lowest BCUT2D eigenvalue weighted by atomic mass is 9.69. The SMILES string of the molecule is NCC1(c2nc(-c3ccccc3F)no2)CCC1. The summed E-state index contributed by atoms with van der Waals surface area (Å²) in [5, 5.41) is 3.86. The Labute approximate surface area is 104 Å². The number of benzene rings is 1. The molecule has 18 heavy (non-hydrogen) atoms. The molecule has 1 heterocycles. The zero-order valence-electron chi connectivity index (χ0n) is 9.90. The number of hydrogen-bond acceptors (Lipinski definition) is 4. The standard InChI is InChI=1S/C13H14FN3O/c14-10-5-2-1-4-9(10)11-16-12(18-17-11)13(8-15)6-3-7-13/h1-2,4-5H,3,6-8,15H2. The first-order chi connectivity index (χ1) is 8.75. The Balaban J connectivity index is 1.97. The van der Waals surface area contributed by atoms with Crippen LogP contribution < -0.4 is 5.73 Å². The Bertz CT molecular complexity index is 557. The van der Waals surface area contributed by atoms with Crippen LogP contribution in [0.15, 0.2) is 28.8 Å². The van der Waals surface area contributed by atoms with Gasteiger partial charge < -0.3 is 10.3 Å². The number of nitrogens with zero attached hydrogens (tertiary/aromatic N) is 2. The molecule has 1 saturated carbocycles. The van der Waals surface area contributed by atoms with Crippen LogP contribution in [0.3, 0.4) is 0 Å². The summed E-state index contributed by atoms with van der Waals surface area (Å²) in [6.07, 6.45) is 3.04. The molecule has 0 radical (unpaired) electrons. The molecule has 1 aromatic carbocycles. The molecule has 2 N–H and O–H groups in total. The van der Waals surface area contributed by atoms with Crippen LogP contribution in [0.4, 0.5) is 4.39 Å². The second-order valence-electron chi connectivity index (χ2n) is 4.74. The van der Waals surface area contributed by atoms with E-state index in [2.05, 4.69) is 10.1 Å². The quantitative estimate of drug-likeness (QED) is 0.903. The molecule has 3 rings (SSSR count). The maximum absolute atomic E-state index is 13.6. The fourth-order valence-corrected chi connectivity index (χ4v) is 2.30. The Morgan fingerprint density at radius 3 is 2.72 bits per heavy atom. The highest BCUT2D eigenvalue weighted by atomic mass is 19.1. The average Bonchev–Trinajstić information content (AvgIpc) is 2.79. The normalized spacial score (nSPS) is 17.4. The molecule has 2 aromatic rings. The first kappa shape index (κ1) is 11.3. The van der Waals surface area contributed by atoms with Gasteiger partial charge in [0.15, 0.2) is 0 Å². The number of rotatable bonds is 3. The number of nitrogens with two attached hydrogens (primary N) is 1. The summed E-state index contributed by atoms with van der Waals surface area (Å²) >= 11 is 0. The van der Waals surface area contributed by atoms with Gasteiger partial charge in [-0.05, 0) is 25.0 Å². The molecule has 94 valence electrons. The first-order valence-corrected chi connectivity index (χ1v) is 6.04. The van der Waals surface area contributed by atoms with Gasteiger partial charge in [0.05, 0.1) is 11.0 Å². The van der Waals surface area contributed by atoms with Crippen molar-refractivity contribution in [1.82, 2.24) is 10.1 Å². The van der Waals surface area contributed by atoms with Gasteiger partial charge in [0, 0.05) is 6.54 Å². The minimum Gasteiger partial charge on any atom is -0.338 e. The number of hydrogen-bond donors (Lipinski definition) is 1. The highest BCUT2D eigenvalue weighted by Crippen LogP contribution is 2.42. The van der Waals surface area contributed by atoms with E-state index >= 15 is 0 Å². The summed E-state index contributed by atoms with van der Waals surface area (Å²) in [6, 6.07) is 6.40. The maximum atomic E-state index is 13.6. The van der Waals surface area contributed by atoms with Crippen molar-refractivity contribution in [2.24, 2.45) is 5.73 Å². The predicted molar refractivity (Wildman–Crippen MR) is 64.3 cm³/mol. The molecule has 1 fully saturated rings. The van der Waals surface area contributed by atoms with Crippen LogP contribution in [0.5, 0.6) is 0 Å². The van der Waals surface area contributed by atoms with Crippen molar-refractivity contribution in [3.8, 4) is 11.4 Å². The van der Waals surface area contributed by atoms with Gasteiger partial charge in [-0.3, -0.25) is 0 Å². The first-order valence-electron chi connectivity index (χ1n) is 6.04. The third-order valence-electron chi connectivity index (χ3n) is 3.70. The molecule has 1 aliphatic carbocycles. The summed E-state index contributed by atoms with van der Waals surface area (Å²) in [5.74, 6) is 0.484. The lowest BCUT2D eigenvalue weighted by Crippen LogP contribution is -2.41. The minimum atomic E-state index is -0.347. The molecule has 0 unspecified atom stereocenters. The molecule has 0 spiro atoms. The number of aromatic nitrogens is 2. The molecule has 5 heteroatoms. The topological polar surface area (TPSA) is 64.9 Å². The van der Waals surface area contributed by atoms with E-state index in [0.29, 0.717) is 23.8 Å². The van der Waals surface area contributed by atoms with Gasteiger partial charge in [-0.2, -0.15) is 4.98 Å². The van der Waals surface area contributed by atoms with Crippen LogP contribution in [-0.2, 0) is 5.41 Å². The van der Waals surface area contributed by atoms with E-state index in [9.17, 15) is 4.39 Å². The van der Waals surface area contributed by atoms with Crippen LogP contribution in [-0.4, -0.2) is 16.7 Å². The summed E-state index contributed by atoms with van der Waals surface area (Å²) in [4.78, 5) is 4.31. The molecular formula is C13H14FN3O. The van der Waals surface area contributed by atoms with E-state index in [1.807, 2.05) is 0 Å². The maximum Gasteiger partial charge on any atom is 0.234 e. The lowest BCUT2D eigenvalue weighted by Gasteiger charge is -2.36. The van der Waals surface area contributed by atoms with Crippen LogP contribution in [0.1, 0.15) is 25.2 Å². The van der Waals surface area contributed by atoms with Crippen molar-refractivity contribution in [3.63, 3.8) is 0 Å². The largest absolute Gasteiger partial charge is 0.338 e. The van der Waals surface area contributed by atoms with Gasteiger partial charge in [0.1, 0.15) is 5.82 Å². The van der Waals surface area contributed by atoms with Crippen molar-refractivity contribution in [1.29, 1.82) is 0 Å². The third kappa shape index (κ3) is 1.62. The van der Waals surface area contributed by atoms with Crippen LogP contribution in [0, 0.1) is 5.82 Å². The van der Waals surface area contributed by atoms with E-state index in [-0.39, 0.29) is 11.2 Å². The molecular weight excluding hydrogens is 233 g/mol. The highest BCUT2D eigenvalue weighted by Gasteiger charge is 2.42. The van der Waals surface area contributed by atoms with E-state index in [1.54, 1.807) is 18.2 Å². The summed E-state index contributed by atoms with van der Waals surface area (Å²) in [7, 11) is 0.